The normalized spacial score (nSPS) is 20.0. The van der Waals surface area contributed by atoms with Crippen LogP contribution < -0.4 is 10.6 Å². The number of nitrogens with zero attached hydrogens (tertiary/aromatic N) is 2. The summed E-state index contributed by atoms with van der Waals surface area (Å²) in [4.78, 5) is 10.0. The molecule has 0 spiro atoms. The smallest absolute Gasteiger partial charge is 0.191 e. The van der Waals surface area contributed by atoms with Gasteiger partial charge in [0.15, 0.2) is 5.96 Å². The van der Waals surface area contributed by atoms with E-state index in [9.17, 15) is 0 Å². The van der Waals surface area contributed by atoms with Gasteiger partial charge in [-0.3, -0.25) is 4.99 Å². The van der Waals surface area contributed by atoms with Crippen LogP contribution in [0.3, 0.4) is 0 Å². The van der Waals surface area contributed by atoms with Gasteiger partial charge in [0.1, 0.15) is 0 Å². The molecule has 3 rings (SSSR count). The summed E-state index contributed by atoms with van der Waals surface area (Å²) in [6.07, 6.45) is 4.05. The number of nitrogens with one attached hydrogen (secondary N) is 2. The molecule has 1 aliphatic rings. The van der Waals surface area contributed by atoms with Crippen molar-refractivity contribution >= 4 is 17.3 Å². The molecule has 4 nitrogen and oxygen atoms in total. The number of aromatic nitrogens is 1. The van der Waals surface area contributed by atoms with Crippen LogP contribution in [0.5, 0.6) is 0 Å². The lowest BCUT2D eigenvalue weighted by atomic mass is 10.0. The maximum absolute atomic E-state index is 4.40. The predicted octanol–water partition coefficient (Wildman–Crippen LogP) is 3.84. The summed E-state index contributed by atoms with van der Waals surface area (Å²) in [6.45, 7) is 7.42. The van der Waals surface area contributed by atoms with E-state index in [1.165, 1.54) is 27.4 Å². The molecule has 1 aliphatic carbocycles. The van der Waals surface area contributed by atoms with Crippen LogP contribution in [0.15, 0.2) is 35.5 Å². The van der Waals surface area contributed by atoms with Crippen LogP contribution in [0.1, 0.15) is 53.1 Å². The first-order valence-corrected chi connectivity index (χ1v) is 9.87. The Balaban J connectivity index is 1.45. The molecule has 2 unspecified atom stereocenters. The van der Waals surface area contributed by atoms with Gasteiger partial charge in [-0.15, -0.1) is 11.3 Å². The zero-order chi connectivity index (χ0) is 17.8. The molecule has 2 N–H and O–H groups in total. The van der Waals surface area contributed by atoms with E-state index < -0.39 is 0 Å². The van der Waals surface area contributed by atoms with Gasteiger partial charge >= 0.3 is 0 Å². The van der Waals surface area contributed by atoms with E-state index in [1.54, 1.807) is 11.3 Å². The summed E-state index contributed by atoms with van der Waals surface area (Å²) >= 11 is 1.76. The van der Waals surface area contributed by atoms with Crippen molar-refractivity contribution in [3.8, 4) is 0 Å². The Labute approximate surface area is 154 Å². The Morgan fingerprint density at radius 2 is 2.08 bits per heavy atom. The minimum absolute atomic E-state index is 0.484. The van der Waals surface area contributed by atoms with Gasteiger partial charge in [0.25, 0.3) is 0 Å². The predicted molar refractivity (Wildman–Crippen MR) is 107 cm³/mol. The molecule has 5 heteroatoms. The number of thiazole rings is 1. The van der Waals surface area contributed by atoms with Gasteiger partial charge in [-0.05, 0) is 30.4 Å². The van der Waals surface area contributed by atoms with Crippen molar-refractivity contribution in [2.24, 2.45) is 4.99 Å². The highest BCUT2D eigenvalue weighted by atomic mass is 32.1. The summed E-state index contributed by atoms with van der Waals surface area (Å²) in [5.41, 5.74) is 2.83. The lowest BCUT2D eigenvalue weighted by Crippen LogP contribution is -2.39. The van der Waals surface area contributed by atoms with Crippen molar-refractivity contribution in [3.05, 3.63) is 51.5 Å². The van der Waals surface area contributed by atoms with Crippen molar-refractivity contribution in [1.82, 2.24) is 15.6 Å². The number of aliphatic imine (C=N–C) groups is 1. The van der Waals surface area contributed by atoms with E-state index in [1.807, 2.05) is 13.2 Å². The van der Waals surface area contributed by atoms with E-state index in [-0.39, 0.29) is 0 Å². The Kier molecular flexibility index (Phi) is 5.74. The molecular formula is C20H28N4S. The highest BCUT2D eigenvalue weighted by Crippen LogP contribution is 2.41. The molecule has 0 bridgehead atoms. The third-order valence-corrected chi connectivity index (χ3v) is 5.64. The Morgan fingerprint density at radius 3 is 2.68 bits per heavy atom. The maximum Gasteiger partial charge on any atom is 0.191 e. The molecular weight excluding hydrogens is 328 g/mol. The summed E-state index contributed by atoms with van der Waals surface area (Å²) in [5.74, 6) is 2.08. The second kappa shape index (κ2) is 8.00. The van der Waals surface area contributed by atoms with Gasteiger partial charge in [-0.2, -0.15) is 0 Å². The Hall–Kier alpha value is -1.88. The van der Waals surface area contributed by atoms with Gasteiger partial charge in [0, 0.05) is 43.0 Å². The van der Waals surface area contributed by atoms with Gasteiger partial charge in [-0.1, -0.05) is 38.1 Å². The van der Waals surface area contributed by atoms with E-state index in [4.69, 9.17) is 0 Å². The van der Waals surface area contributed by atoms with Crippen molar-refractivity contribution in [3.63, 3.8) is 0 Å². The van der Waals surface area contributed by atoms with Crippen LogP contribution in [0.25, 0.3) is 0 Å². The van der Waals surface area contributed by atoms with Crippen molar-refractivity contribution in [2.75, 3.05) is 13.6 Å². The monoisotopic (exact) mass is 356 g/mol. The molecule has 1 saturated carbocycles. The number of rotatable bonds is 6. The highest BCUT2D eigenvalue weighted by Gasteiger charge is 2.38. The van der Waals surface area contributed by atoms with Crippen LogP contribution >= 0.6 is 11.3 Å². The number of aryl methyl sites for hydroxylation is 1. The molecule has 134 valence electrons. The fraction of sp³-hybridized carbons (Fsp3) is 0.500. The molecule has 2 atom stereocenters. The number of guanidine groups is 1. The molecule has 1 aromatic carbocycles. The first-order chi connectivity index (χ1) is 12.1. The minimum atomic E-state index is 0.484. The van der Waals surface area contributed by atoms with Gasteiger partial charge in [0.2, 0.25) is 0 Å². The van der Waals surface area contributed by atoms with E-state index >= 15 is 0 Å². The number of benzene rings is 1. The lowest BCUT2D eigenvalue weighted by molar-refractivity contribution is 0.777. The van der Waals surface area contributed by atoms with Crippen molar-refractivity contribution < 1.29 is 0 Å². The average molecular weight is 357 g/mol. The standard InChI is InChI=1S/C20H28N4S/c1-13(2)15-5-7-16(8-6-15)17-11-18(17)24-20(21-4)22-10-9-19-23-12-14(3)25-19/h5-8,12-13,17-18H,9-11H2,1-4H3,(H2,21,22,24). The second-order valence-electron chi connectivity index (χ2n) is 7.03. The molecule has 1 heterocycles. The molecule has 0 saturated heterocycles. The summed E-state index contributed by atoms with van der Waals surface area (Å²) < 4.78 is 0. The molecule has 0 radical (unpaired) electrons. The first kappa shape index (κ1) is 17.9. The highest BCUT2D eigenvalue weighted by molar-refractivity contribution is 7.11. The van der Waals surface area contributed by atoms with Crippen molar-refractivity contribution in [1.29, 1.82) is 0 Å². The van der Waals surface area contributed by atoms with Crippen LogP contribution in [-0.2, 0) is 6.42 Å². The van der Waals surface area contributed by atoms with Gasteiger partial charge < -0.3 is 10.6 Å². The van der Waals surface area contributed by atoms with Gasteiger partial charge in [-0.25, -0.2) is 4.98 Å². The topological polar surface area (TPSA) is 49.3 Å². The third kappa shape index (κ3) is 4.82. The summed E-state index contributed by atoms with van der Waals surface area (Å²) in [5, 5.41) is 8.12. The fourth-order valence-electron chi connectivity index (χ4n) is 3.03. The second-order valence-corrected chi connectivity index (χ2v) is 8.35. The Morgan fingerprint density at radius 1 is 1.32 bits per heavy atom. The largest absolute Gasteiger partial charge is 0.356 e. The Bertz CT molecular complexity index is 718. The first-order valence-electron chi connectivity index (χ1n) is 9.05. The summed E-state index contributed by atoms with van der Waals surface area (Å²) in [6, 6.07) is 9.57. The van der Waals surface area contributed by atoms with Crippen LogP contribution in [0, 0.1) is 6.92 Å². The van der Waals surface area contributed by atoms with E-state index in [0.29, 0.717) is 17.9 Å². The van der Waals surface area contributed by atoms with E-state index in [2.05, 4.69) is 65.6 Å². The minimum Gasteiger partial charge on any atom is -0.356 e. The molecule has 1 fully saturated rings. The van der Waals surface area contributed by atoms with Crippen LogP contribution in [-0.4, -0.2) is 30.6 Å². The quantitative estimate of drug-likeness (QED) is 0.611. The zero-order valence-electron chi connectivity index (χ0n) is 15.5. The fourth-order valence-corrected chi connectivity index (χ4v) is 3.81. The molecule has 2 aromatic rings. The third-order valence-electron chi connectivity index (χ3n) is 4.67. The molecule has 1 aromatic heterocycles. The molecule has 0 aliphatic heterocycles. The molecule has 25 heavy (non-hydrogen) atoms. The van der Waals surface area contributed by atoms with Crippen LogP contribution in [0.4, 0.5) is 0 Å². The number of hydrogen-bond donors (Lipinski definition) is 2. The van der Waals surface area contributed by atoms with E-state index in [0.717, 1.165) is 18.9 Å². The van der Waals surface area contributed by atoms with Crippen molar-refractivity contribution in [2.45, 2.75) is 51.5 Å². The average Bonchev–Trinajstić information content (AvgIpc) is 3.26. The molecule has 0 amide bonds. The SMILES string of the molecule is CN=C(NCCc1ncc(C)s1)NC1CC1c1ccc(C(C)C)cc1. The maximum atomic E-state index is 4.40. The summed E-state index contributed by atoms with van der Waals surface area (Å²) in [7, 11) is 1.83. The van der Waals surface area contributed by atoms with Gasteiger partial charge in [0.05, 0.1) is 5.01 Å². The number of hydrogen-bond acceptors (Lipinski definition) is 3. The van der Waals surface area contributed by atoms with Crippen LogP contribution in [0.2, 0.25) is 0 Å². The zero-order valence-corrected chi connectivity index (χ0v) is 16.4. The lowest BCUT2D eigenvalue weighted by Gasteiger charge is -2.11.